The Balaban J connectivity index is 0.645. The van der Waals surface area contributed by atoms with Crippen molar-refractivity contribution in [2.24, 2.45) is 16.2 Å². The molecule has 5 heterocycles. The van der Waals surface area contributed by atoms with Crippen LogP contribution in [0, 0.1) is 23.2 Å². The number of nitrogens with one attached hydrogen (secondary N) is 4. The summed E-state index contributed by atoms with van der Waals surface area (Å²) in [5.74, 6) is -2.51. The molecular formula is C67H79N11O11S. The van der Waals surface area contributed by atoms with Gasteiger partial charge in [-0.2, -0.15) is 5.10 Å². The molecule has 5 N–H and O–H groups in total. The van der Waals surface area contributed by atoms with Crippen LogP contribution in [0.1, 0.15) is 148 Å². The summed E-state index contributed by atoms with van der Waals surface area (Å²) in [6.07, 6.45) is 10.1. The third-order valence-corrected chi connectivity index (χ3v) is 19.6. The number of para-hydroxylation sites is 1. The lowest BCUT2D eigenvalue weighted by atomic mass is 9.39. The Morgan fingerprint density at radius 3 is 2.24 bits per heavy atom. The third-order valence-electron chi connectivity index (χ3n) is 18.7. The number of hydrogen-bond donors (Lipinski definition) is 5. The minimum atomic E-state index is -1.15. The number of carboxylic acid groups (broad SMARTS) is 1. The molecule has 0 spiro atoms. The van der Waals surface area contributed by atoms with Crippen LogP contribution in [0.4, 0.5) is 21.4 Å². The summed E-state index contributed by atoms with van der Waals surface area (Å²) in [5, 5.41) is 27.2. The van der Waals surface area contributed by atoms with Gasteiger partial charge < -0.3 is 40.3 Å². The van der Waals surface area contributed by atoms with E-state index in [0.717, 1.165) is 65.6 Å². The van der Waals surface area contributed by atoms with Gasteiger partial charge in [0.2, 0.25) is 29.5 Å². The molecule has 3 aromatic heterocycles. The van der Waals surface area contributed by atoms with Crippen LogP contribution in [-0.4, -0.2) is 133 Å². The van der Waals surface area contributed by atoms with Gasteiger partial charge in [0.1, 0.15) is 24.5 Å². The molecule has 12 rings (SSSR count). The van der Waals surface area contributed by atoms with Crippen LogP contribution in [0.15, 0.2) is 85.1 Å². The number of fused-ring (bicyclic) bond motifs is 2. The number of nitrogens with zero attached hydrogens (tertiary/aromatic N) is 7. The third kappa shape index (κ3) is 13.9. The molecule has 5 fully saturated rings. The quantitative estimate of drug-likeness (QED) is 0.0279. The van der Waals surface area contributed by atoms with Crippen molar-refractivity contribution in [1.29, 1.82) is 0 Å². The minimum absolute atomic E-state index is 0.00276. The number of carbonyl (C=O) groups is 8. The highest BCUT2D eigenvalue weighted by Gasteiger charge is 2.66. The summed E-state index contributed by atoms with van der Waals surface area (Å²) in [4.78, 5) is 116. The van der Waals surface area contributed by atoms with Crippen LogP contribution in [0.3, 0.4) is 0 Å². The van der Waals surface area contributed by atoms with Gasteiger partial charge in [-0.3, -0.25) is 43.7 Å². The smallest absolute Gasteiger partial charge is 0.409 e. The van der Waals surface area contributed by atoms with Crippen molar-refractivity contribution >= 4 is 85.7 Å². The zero-order valence-electron chi connectivity index (χ0n) is 51.9. The molecule has 90 heavy (non-hydrogen) atoms. The van der Waals surface area contributed by atoms with Crippen molar-refractivity contribution in [2.45, 2.75) is 155 Å². The van der Waals surface area contributed by atoms with Crippen LogP contribution in [0.5, 0.6) is 0 Å². The maximum Gasteiger partial charge on any atom is 0.409 e. The van der Waals surface area contributed by atoms with E-state index in [1.54, 1.807) is 37.5 Å². The molecule has 7 amide bonds. The van der Waals surface area contributed by atoms with Crippen LogP contribution in [0.2, 0.25) is 0 Å². The number of rotatable bonds is 24. The van der Waals surface area contributed by atoms with Crippen molar-refractivity contribution in [3.8, 4) is 11.1 Å². The highest BCUT2D eigenvalue weighted by Crippen LogP contribution is 2.72. The lowest BCUT2D eigenvalue weighted by Crippen LogP contribution is -2.64. The summed E-state index contributed by atoms with van der Waals surface area (Å²) in [6.45, 7) is 12.4. The highest BCUT2D eigenvalue weighted by atomic mass is 32.1. The van der Waals surface area contributed by atoms with E-state index in [0.29, 0.717) is 104 Å². The van der Waals surface area contributed by atoms with Gasteiger partial charge in [0.15, 0.2) is 10.8 Å². The van der Waals surface area contributed by atoms with E-state index >= 15 is 0 Å². The second kappa shape index (κ2) is 25.7. The molecule has 4 bridgehead atoms. The first-order valence-corrected chi connectivity index (χ1v) is 31.9. The molecule has 1 saturated heterocycles. The Bertz CT molecular complexity index is 3720. The number of hydrogen-bond acceptors (Lipinski definition) is 15. The van der Waals surface area contributed by atoms with Gasteiger partial charge in [-0.25, -0.2) is 19.6 Å². The molecule has 2 aliphatic heterocycles. The van der Waals surface area contributed by atoms with E-state index in [-0.39, 0.29) is 71.4 Å². The number of aromatic carboxylic acids is 1. The number of thiazole rings is 1. The highest BCUT2D eigenvalue weighted by molar-refractivity contribution is 7.22. The molecule has 4 aliphatic carbocycles. The lowest BCUT2D eigenvalue weighted by Gasteiger charge is -2.69. The van der Waals surface area contributed by atoms with Crippen LogP contribution < -0.4 is 26.2 Å². The zero-order chi connectivity index (χ0) is 63.7. The average molecular weight is 1250 g/mol. The molecule has 3 unspecified atom stereocenters. The van der Waals surface area contributed by atoms with Crippen molar-refractivity contribution in [3.63, 3.8) is 0 Å². The van der Waals surface area contributed by atoms with Gasteiger partial charge in [-0.15, -0.1) is 0 Å². The van der Waals surface area contributed by atoms with E-state index in [1.165, 1.54) is 35.0 Å². The second-order valence-corrected chi connectivity index (χ2v) is 27.4. The fraction of sp³-hybridized carbons (Fsp3) is 0.478. The Morgan fingerprint density at radius 2 is 1.51 bits per heavy atom. The number of pyridine rings is 1. The Morgan fingerprint density at radius 1 is 0.778 bits per heavy atom. The fourth-order valence-electron chi connectivity index (χ4n) is 15.5. The van der Waals surface area contributed by atoms with E-state index in [4.69, 9.17) is 19.6 Å². The van der Waals surface area contributed by atoms with Crippen molar-refractivity contribution in [2.75, 3.05) is 48.8 Å². The number of benzene rings is 3. The molecule has 6 aliphatic rings. The minimum Gasteiger partial charge on any atom is -0.476 e. The van der Waals surface area contributed by atoms with Gasteiger partial charge in [-0.1, -0.05) is 68.0 Å². The topological polar surface area (TPSA) is 277 Å². The molecule has 22 nitrogen and oxygen atoms in total. The van der Waals surface area contributed by atoms with Gasteiger partial charge in [-0.05, 0) is 154 Å². The zero-order valence-corrected chi connectivity index (χ0v) is 52.8. The normalized spacial score (nSPS) is 22.2. The summed E-state index contributed by atoms with van der Waals surface area (Å²) in [5.41, 5.74) is 5.95. The first kappa shape index (κ1) is 63.0. The Kier molecular flexibility index (Phi) is 18.0. The Labute approximate surface area is 526 Å². The van der Waals surface area contributed by atoms with Crippen molar-refractivity contribution in [3.05, 3.63) is 119 Å². The van der Waals surface area contributed by atoms with Crippen LogP contribution in [0.25, 0.3) is 21.3 Å². The maximum atomic E-state index is 13.8. The van der Waals surface area contributed by atoms with Gasteiger partial charge in [0.25, 0.3) is 5.91 Å². The number of carboxylic acids is 1. The summed E-state index contributed by atoms with van der Waals surface area (Å²) < 4.78 is 15.7. The number of imide groups is 1. The number of amides is 7. The standard InChI is InChI=1S/C67H79N11O11S/c1-41(69-54(79)17-8-7-11-27-77-55(80)24-25-56(77)81)58(82)70-42(2)59(83)71-46-20-18-44(19-21-46)33-88-63(87)75(6)29-30-89-67-37-64(4)34-65(5,38-67)36-66(35-64,39-67)40-78-43(3)49(31-68-78)47-22-23-53(73-57(47)61(85)86)76-28-26-45-13-12-14-48(50(45)32-76)60(84)74-62-72-51-15-9-10-16-52(51)90-62/h9-10,12-16,18-23,31,41-42H,7-8,11,17,24-30,32-40H2,1-6H3,(H,69,79)(H,70,82)(H,71,83)(H,85,86)(H,72,74,84)/t41-,42?,64?,65?,66?,67?/m0/s1. The van der Waals surface area contributed by atoms with Crippen molar-refractivity contribution < 1.29 is 52.9 Å². The summed E-state index contributed by atoms with van der Waals surface area (Å²) >= 11 is 1.42. The molecule has 3 aromatic carbocycles. The van der Waals surface area contributed by atoms with Gasteiger partial charge in [0, 0.05) is 87.1 Å². The second-order valence-electron chi connectivity index (χ2n) is 26.4. The molecule has 4 atom stereocenters. The van der Waals surface area contributed by atoms with Gasteiger partial charge in [0.05, 0.1) is 28.6 Å². The number of unbranched alkanes of at least 4 members (excludes halogenated alkanes) is 2. The maximum absolute atomic E-state index is 13.8. The van der Waals surface area contributed by atoms with E-state index in [2.05, 4.69) is 40.1 Å². The number of ether oxygens (including phenoxy) is 2. The molecule has 6 aromatic rings. The molecular weight excluding hydrogens is 1170 g/mol. The predicted octanol–water partition coefficient (Wildman–Crippen LogP) is 9.44. The first-order chi connectivity index (χ1) is 43.0. The van der Waals surface area contributed by atoms with Crippen LogP contribution >= 0.6 is 11.3 Å². The average Bonchev–Trinajstić information content (AvgIpc) is 0.713. The SMILES string of the molecule is Cc1c(-c2ccc(N3CCc4cccc(C(=O)Nc5nc6ccccc6s5)c4C3)nc2C(=O)O)cnn1CC12CC3(C)CC(C)(C1)CC(OCCN(C)C(=O)OCc1ccc(NC(=O)C(C)NC(=O)[C@H](C)NC(=O)CCCCCN4C(=O)CCC4=O)cc1)(C3)C2. The number of carbonyl (C=O) groups excluding carboxylic acids is 7. The number of anilines is 3. The summed E-state index contributed by atoms with van der Waals surface area (Å²) in [7, 11) is 1.69. The Hall–Kier alpha value is -8.57. The number of likely N-dealkylation sites (N-methyl/N-ethyl adjacent to an activating group) is 1. The first-order valence-electron chi connectivity index (χ1n) is 31.1. The van der Waals surface area contributed by atoms with Crippen molar-refractivity contribution in [1.82, 2.24) is 40.2 Å². The van der Waals surface area contributed by atoms with Crippen LogP contribution in [-0.2, 0) is 59.6 Å². The molecule has 0 radical (unpaired) electrons. The largest absolute Gasteiger partial charge is 0.476 e. The van der Waals surface area contributed by atoms with E-state index < -0.39 is 41.6 Å². The lowest BCUT2D eigenvalue weighted by molar-refractivity contribution is -0.248. The number of likely N-dealkylation sites (tertiary alicyclic amines) is 1. The van der Waals surface area contributed by atoms with E-state index in [9.17, 15) is 43.5 Å². The van der Waals surface area contributed by atoms with Gasteiger partial charge >= 0.3 is 12.1 Å². The number of aromatic nitrogens is 4. The monoisotopic (exact) mass is 1250 g/mol. The predicted molar refractivity (Wildman–Crippen MR) is 338 cm³/mol. The van der Waals surface area contributed by atoms with E-state index in [1.807, 2.05) is 71.1 Å². The molecule has 4 saturated carbocycles. The summed E-state index contributed by atoms with van der Waals surface area (Å²) in [6, 6.07) is 22.2. The molecule has 23 heteroatoms. The molecule has 474 valence electrons. The fourth-order valence-corrected chi connectivity index (χ4v) is 16.4.